The summed E-state index contributed by atoms with van der Waals surface area (Å²) in [5, 5.41) is 9.55. The lowest BCUT2D eigenvalue weighted by atomic mass is 10.0. The summed E-state index contributed by atoms with van der Waals surface area (Å²) in [5.74, 6) is 0. The Morgan fingerprint density at radius 2 is 1.04 bits per heavy atom. The lowest BCUT2D eigenvalue weighted by molar-refractivity contribution is 0.669. The summed E-state index contributed by atoms with van der Waals surface area (Å²) in [5.41, 5.74) is 9.65. The number of benzene rings is 8. The van der Waals surface area contributed by atoms with Gasteiger partial charge in [-0.05, 0) is 87.8 Å². The Morgan fingerprint density at radius 3 is 1.81 bits per heavy atom. The molecule has 1 N–H and O–H groups in total. The molecule has 0 fully saturated rings. The van der Waals surface area contributed by atoms with E-state index in [0.717, 1.165) is 55.6 Å². The first kappa shape index (κ1) is 26.0. The number of H-pyrrole nitrogens is 1. The molecule has 220 valence electrons. The number of aromatic amines is 1. The second-order valence-corrected chi connectivity index (χ2v) is 12.3. The van der Waals surface area contributed by atoms with E-state index in [0.29, 0.717) is 0 Å². The summed E-state index contributed by atoms with van der Waals surface area (Å²) < 4.78 is 6.52. The minimum Gasteiger partial charge on any atom is -0.456 e. The number of hydrogen-bond donors (Lipinski definition) is 1. The molecule has 0 bridgehead atoms. The van der Waals surface area contributed by atoms with Crippen LogP contribution in [0.1, 0.15) is 0 Å². The quantitative estimate of drug-likeness (QED) is 0.218. The van der Waals surface area contributed by atoms with E-state index in [9.17, 15) is 0 Å². The number of nitrogens with zero attached hydrogens (tertiary/aromatic N) is 1. The second kappa shape index (κ2) is 10.1. The smallest absolute Gasteiger partial charge is 0.136 e. The van der Waals surface area contributed by atoms with Crippen molar-refractivity contribution >= 4 is 82.4 Å². The average molecular weight is 601 g/mol. The predicted octanol–water partition coefficient (Wildman–Crippen LogP) is 12.7. The van der Waals surface area contributed by atoms with E-state index in [2.05, 4.69) is 174 Å². The highest BCUT2D eigenvalue weighted by Gasteiger charge is 2.17. The standard InChI is InChI=1S/C44H28N2O/c1-3-10-30-24-33(19-16-28(30)8-1)46(34-20-17-29-9-2-4-11-31(29)25-34)35-21-23-42-40(27-35)38-22-18-32(26-43(38)47-42)36-13-7-14-39-37-12-5-6-15-41(37)45-44(36)39/h1-27,45H. The molecule has 0 saturated carbocycles. The highest BCUT2D eigenvalue weighted by molar-refractivity contribution is 6.13. The SMILES string of the molecule is c1ccc2cc(N(c3ccc4ccccc4c3)c3ccc4oc5cc(-c6cccc7c6[nH]c6ccccc67)ccc5c4c3)ccc2c1. The fourth-order valence-electron chi connectivity index (χ4n) is 7.26. The van der Waals surface area contributed by atoms with Crippen LogP contribution in [0.15, 0.2) is 168 Å². The van der Waals surface area contributed by atoms with Crippen LogP contribution in [0.4, 0.5) is 17.1 Å². The molecular formula is C44H28N2O. The number of anilines is 3. The zero-order chi connectivity index (χ0) is 30.9. The molecule has 2 aromatic heterocycles. The summed E-state index contributed by atoms with van der Waals surface area (Å²) >= 11 is 0. The molecule has 2 heterocycles. The van der Waals surface area contributed by atoms with Crippen molar-refractivity contribution in [3.8, 4) is 11.1 Å². The van der Waals surface area contributed by atoms with Crippen LogP contribution in [0.25, 0.3) is 76.4 Å². The van der Waals surface area contributed by atoms with Gasteiger partial charge in [-0.3, -0.25) is 0 Å². The molecule has 0 spiro atoms. The first-order chi connectivity index (χ1) is 23.3. The fraction of sp³-hybridized carbons (Fsp3) is 0. The monoisotopic (exact) mass is 600 g/mol. The van der Waals surface area contributed by atoms with Gasteiger partial charge in [0.25, 0.3) is 0 Å². The minimum atomic E-state index is 0.877. The van der Waals surface area contributed by atoms with E-state index in [-0.39, 0.29) is 0 Å². The van der Waals surface area contributed by atoms with Crippen LogP contribution in [0.3, 0.4) is 0 Å². The van der Waals surface area contributed by atoms with Crippen molar-refractivity contribution < 1.29 is 4.42 Å². The topological polar surface area (TPSA) is 32.2 Å². The zero-order valence-electron chi connectivity index (χ0n) is 25.4. The van der Waals surface area contributed by atoms with Crippen LogP contribution in [-0.4, -0.2) is 4.98 Å². The Hall–Kier alpha value is -6.32. The molecule has 0 aliphatic carbocycles. The highest BCUT2D eigenvalue weighted by Crippen LogP contribution is 2.41. The minimum absolute atomic E-state index is 0.877. The lowest BCUT2D eigenvalue weighted by Crippen LogP contribution is -2.09. The van der Waals surface area contributed by atoms with Crippen LogP contribution < -0.4 is 4.90 Å². The molecule has 0 unspecified atom stereocenters. The number of hydrogen-bond acceptors (Lipinski definition) is 2. The third kappa shape index (κ3) is 4.14. The number of rotatable bonds is 4. The molecular weight excluding hydrogens is 572 g/mol. The first-order valence-corrected chi connectivity index (χ1v) is 16.0. The normalized spacial score (nSPS) is 11.8. The molecule has 0 aliphatic rings. The van der Waals surface area contributed by atoms with Gasteiger partial charge in [0.1, 0.15) is 11.2 Å². The summed E-state index contributed by atoms with van der Waals surface area (Å²) in [7, 11) is 0. The molecule has 10 aromatic rings. The molecule has 8 aromatic carbocycles. The van der Waals surface area contributed by atoms with Crippen molar-refractivity contribution in [1.29, 1.82) is 0 Å². The molecule has 0 radical (unpaired) electrons. The Labute approximate surface area is 270 Å². The molecule has 0 saturated heterocycles. The summed E-state index contributed by atoms with van der Waals surface area (Å²) in [6.07, 6.45) is 0. The van der Waals surface area contributed by atoms with Gasteiger partial charge in [-0.1, -0.05) is 103 Å². The fourth-order valence-corrected chi connectivity index (χ4v) is 7.26. The largest absolute Gasteiger partial charge is 0.456 e. The number of para-hydroxylation sites is 2. The molecule has 0 atom stereocenters. The Balaban J connectivity index is 1.13. The number of furan rings is 1. The van der Waals surface area contributed by atoms with Gasteiger partial charge in [0.05, 0.1) is 5.52 Å². The van der Waals surface area contributed by atoms with Crippen LogP contribution in [0.2, 0.25) is 0 Å². The molecule has 10 rings (SSSR count). The summed E-state index contributed by atoms with van der Waals surface area (Å²) in [4.78, 5) is 6.01. The van der Waals surface area contributed by atoms with Gasteiger partial charge in [-0.25, -0.2) is 0 Å². The van der Waals surface area contributed by atoms with E-state index in [4.69, 9.17) is 4.42 Å². The Bertz CT molecular complexity index is 2740. The first-order valence-electron chi connectivity index (χ1n) is 16.0. The van der Waals surface area contributed by atoms with Gasteiger partial charge in [-0.15, -0.1) is 0 Å². The van der Waals surface area contributed by atoms with Crippen molar-refractivity contribution in [1.82, 2.24) is 4.98 Å². The van der Waals surface area contributed by atoms with Gasteiger partial charge >= 0.3 is 0 Å². The van der Waals surface area contributed by atoms with Crippen LogP contribution in [-0.2, 0) is 0 Å². The van der Waals surface area contributed by atoms with Gasteiger partial charge in [0.15, 0.2) is 0 Å². The molecule has 3 nitrogen and oxygen atoms in total. The van der Waals surface area contributed by atoms with Crippen molar-refractivity contribution in [2.24, 2.45) is 0 Å². The second-order valence-electron chi connectivity index (χ2n) is 12.3. The van der Waals surface area contributed by atoms with Crippen molar-refractivity contribution in [3.05, 3.63) is 164 Å². The molecule has 47 heavy (non-hydrogen) atoms. The maximum Gasteiger partial charge on any atom is 0.136 e. The summed E-state index contributed by atoms with van der Waals surface area (Å²) in [6, 6.07) is 58.6. The molecule has 0 aliphatic heterocycles. The van der Waals surface area contributed by atoms with E-state index >= 15 is 0 Å². The lowest BCUT2D eigenvalue weighted by Gasteiger charge is -2.26. The third-order valence-corrected chi connectivity index (χ3v) is 9.55. The van der Waals surface area contributed by atoms with Crippen molar-refractivity contribution in [3.63, 3.8) is 0 Å². The maximum atomic E-state index is 6.52. The maximum absolute atomic E-state index is 6.52. The summed E-state index contributed by atoms with van der Waals surface area (Å²) in [6.45, 7) is 0. The van der Waals surface area contributed by atoms with Crippen LogP contribution in [0.5, 0.6) is 0 Å². The van der Waals surface area contributed by atoms with E-state index in [1.54, 1.807) is 0 Å². The van der Waals surface area contributed by atoms with E-state index in [1.165, 1.54) is 37.9 Å². The van der Waals surface area contributed by atoms with Gasteiger partial charge in [-0.2, -0.15) is 0 Å². The van der Waals surface area contributed by atoms with E-state index < -0.39 is 0 Å². The molecule has 3 heteroatoms. The van der Waals surface area contributed by atoms with Crippen molar-refractivity contribution in [2.75, 3.05) is 4.90 Å². The molecule has 0 amide bonds. The van der Waals surface area contributed by atoms with Gasteiger partial charge in [0.2, 0.25) is 0 Å². The number of nitrogens with one attached hydrogen (secondary N) is 1. The van der Waals surface area contributed by atoms with Gasteiger partial charge < -0.3 is 14.3 Å². The predicted molar refractivity (Wildman–Crippen MR) is 198 cm³/mol. The highest BCUT2D eigenvalue weighted by atomic mass is 16.3. The Morgan fingerprint density at radius 1 is 0.404 bits per heavy atom. The van der Waals surface area contributed by atoms with E-state index in [1.807, 2.05) is 0 Å². The average Bonchev–Trinajstić information content (AvgIpc) is 3.69. The number of fused-ring (bicyclic) bond motifs is 8. The van der Waals surface area contributed by atoms with Crippen LogP contribution in [0, 0.1) is 0 Å². The zero-order valence-corrected chi connectivity index (χ0v) is 25.4. The van der Waals surface area contributed by atoms with Crippen molar-refractivity contribution in [2.45, 2.75) is 0 Å². The van der Waals surface area contributed by atoms with Crippen LogP contribution >= 0.6 is 0 Å². The van der Waals surface area contributed by atoms with Gasteiger partial charge in [0, 0.05) is 49.7 Å². The Kier molecular flexibility index (Phi) is 5.57. The number of aromatic nitrogens is 1. The third-order valence-electron chi connectivity index (χ3n) is 9.55.